The average molecular weight is 993 g/mol. The Morgan fingerprint density at radius 3 is 0.443 bits per heavy atom. The van der Waals surface area contributed by atoms with E-state index in [0.717, 1.165) is 25.7 Å². The van der Waals surface area contributed by atoms with E-state index in [1.165, 1.54) is 0 Å². The molecule has 0 atom stereocenters. The number of esters is 10. The third-order valence-electron chi connectivity index (χ3n) is 9.45. The third-order valence-corrected chi connectivity index (χ3v) is 9.45. The lowest BCUT2D eigenvalue weighted by molar-refractivity contribution is -0.149. The van der Waals surface area contributed by atoms with Gasteiger partial charge in [0.05, 0.1) is 66.1 Å². The molecule has 0 aromatic carbocycles. The fraction of sp³-hybridized carbons (Fsp3) is 0.600. The summed E-state index contributed by atoms with van der Waals surface area (Å²) in [6.45, 7) is 21.3. The maximum absolute atomic E-state index is 12.2. The smallest absolute Gasteiger partial charge is 0.344 e. The second kappa shape index (κ2) is 40.3. The Hall–Kier alpha value is -6.60. The summed E-state index contributed by atoms with van der Waals surface area (Å²) in [4.78, 5) is 121. The number of hydrogen-bond acceptors (Lipinski definition) is 20. The molecule has 0 N–H and O–H groups in total. The topological polar surface area (TPSA) is 263 Å². The van der Waals surface area contributed by atoms with Gasteiger partial charge in [-0.1, -0.05) is 72.4 Å². The number of ether oxygens (including phenoxy) is 10. The molecule has 0 aliphatic heterocycles. The van der Waals surface area contributed by atoms with Crippen LogP contribution in [-0.2, 0) is 95.3 Å². The summed E-state index contributed by atoms with van der Waals surface area (Å²) in [5.41, 5.74) is -2.23. The van der Waals surface area contributed by atoms with Crippen molar-refractivity contribution in [2.75, 3.05) is 66.1 Å². The van der Waals surface area contributed by atoms with Crippen LogP contribution in [0.5, 0.6) is 0 Å². The van der Waals surface area contributed by atoms with Crippen LogP contribution in [0.3, 0.4) is 0 Å². The van der Waals surface area contributed by atoms with Gasteiger partial charge in [-0.25, -0.2) is 47.9 Å². The molecule has 0 fully saturated rings. The number of carbonyl (C=O) groups is 10. The van der Waals surface area contributed by atoms with E-state index in [-0.39, 0.29) is 77.2 Å². The summed E-state index contributed by atoms with van der Waals surface area (Å²) >= 11 is 0. The Bertz CT molecular complexity index is 1670. The number of carbonyl (C=O) groups excluding carboxylic acids is 10. The summed E-state index contributed by atoms with van der Waals surface area (Å²) in [6, 6.07) is 0. The minimum Gasteiger partial charge on any atom is -0.462 e. The summed E-state index contributed by atoms with van der Waals surface area (Å²) in [6.07, 6.45) is 10.2. The van der Waals surface area contributed by atoms with Crippen molar-refractivity contribution in [3.63, 3.8) is 0 Å². The number of unbranched alkanes of at least 4 members (excludes halogenated alkanes) is 12. The van der Waals surface area contributed by atoms with Crippen LogP contribution in [-0.4, -0.2) is 126 Å². The van der Waals surface area contributed by atoms with E-state index in [1.807, 2.05) is 13.8 Å². The molecule has 0 aliphatic carbocycles. The van der Waals surface area contributed by atoms with Crippen LogP contribution < -0.4 is 0 Å². The molecule has 0 rings (SSSR count). The van der Waals surface area contributed by atoms with E-state index in [2.05, 4.69) is 32.9 Å². The van der Waals surface area contributed by atoms with Crippen LogP contribution in [0.2, 0.25) is 0 Å². The Kier molecular flexibility index (Phi) is 36.5. The molecule has 392 valence electrons. The van der Waals surface area contributed by atoms with Crippen LogP contribution in [0, 0.1) is 0 Å². The van der Waals surface area contributed by atoms with E-state index in [9.17, 15) is 47.9 Å². The standard InChI is InChI=1S/C50H72O20/c1-8-10-16-26-61-41(51)36(3)43(53)63-28-18-12-20-30-65-45(55)38(5)47(57)67-32-22-14-24-34-69-49(59)40(7)50(60)70-35-25-15-23-33-68-48(58)39(6)46(56)66-31-21-13-19-29-64-44(54)37(4)42(52)62-27-17-11-9-2/h3-35H2,1-2H3. The van der Waals surface area contributed by atoms with Crippen molar-refractivity contribution in [1.82, 2.24) is 0 Å². The van der Waals surface area contributed by atoms with E-state index in [4.69, 9.17) is 47.4 Å². The predicted octanol–water partition coefficient (Wildman–Crippen LogP) is 6.26. The fourth-order valence-corrected chi connectivity index (χ4v) is 5.16. The van der Waals surface area contributed by atoms with Gasteiger partial charge in [-0.15, -0.1) is 0 Å². The second-order valence-corrected chi connectivity index (χ2v) is 15.4. The molecule has 0 aromatic rings. The van der Waals surface area contributed by atoms with Crippen molar-refractivity contribution >= 4 is 59.7 Å². The molecule has 70 heavy (non-hydrogen) atoms. The van der Waals surface area contributed by atoms with Gasteiger partial charge in [-0.05, 0) is 89.9 Å². The Morgan fingerprint density at radius 2 is 0.329 bits per heavy atom. The molecule has 0 spiro atoms. The number of hydrogen-bond donors (Lipinski definition) is 0. The second-order valence-electron chi connectivity index (χ2n) is 15.4. The van der Waals surface area contributed by atoms with Crippen LogP contribution in [0.1, 0.15) is 129 Å². The number of rotatable bonds is 42. The highest BCUT2D eigenvalue weighted by molar-refractivity contribution is 6.15. The van der Waals surface area contributed by atoms with Crippen molar-refractivity contribution < 1.29 is 95.3 Å². The van der Waals surface area contributed by atoms with Crippen LogP contribution >= 0.6 is 0 Å². The van der Waals surface area contributed by atoms with Crippen molar-refractivity contribution in [2.45, 2.75) is 129 Å². The molecule has 0 saturated heterocycles. The molecule has 0 aliphatic rings. The first-order chi connectivity index (χ1) is 33.5. The van der Waals surface area contributed by atoms with Gasteiger partial charge < -0.3 is 47.4 Å². The quantitative estimate of drug-likeness (QED) is 0.0163. The minimum atomic E-state index is -0.960. The monoisotopic (exact) mass is 992 g/mol. The highest BCUT2D eigenvalue weighted by Gasteiger charge is 2.23. The lowest BCUT2D eigenvalue weighted by atomic mass is 10.2. The molecule has 0 bridgehead atoms. The first-order valence-electron chi connectivity index (χ1n) is 23.7. The summed E-state index contributed by atoms with van der Waals surface area (Å²) in [5, 5.41) is 0. The Labute approximate surface area is 410 Å². The molecular formula is C50H72O20. The maximum atomic E-state index is 12.2. The predicted molar refractivity (Wildman–Crippen MR) is 250 cm³/mol. The van der Waals surface area contributed by atoms with E-state index in [1.54, 1.807) is 0 Å². The molecular weight excluding hydrogens is 921 g/mol. The van der Waals surface area contributed by atoms with Gasteiger partial charge in [0, 0.05) is 0 Å². The molecule has 20 nitrogen and oxygen atoms in total. The summed E-state index contributed by atoms with van der Waals surface area (Å²) in [5.74, 6) is -9.06. The molecule has 0 heterocycles. The normalized spacial score (nSPS) is 10.3. The summed E-state index contributed by atoms with van der Waals surface area (Å²) in [7, 11) is 0. The van der Waals surface area contributed by atoms with Crippen LogP contribution in [0.4, 0.5) is 0 Å². The molecule has 0 saturated carbocycles. The van der Waals surface area contributed by atoms with E-state index >= 15 is 0 Å². The van der Waals surface area contributed by atoms with Crippen molar-refractivity contribution in [1.29, 1.82) is 0 Å². The molecule has 20 heteroatoms. The lowest BCUT2D eigenvalue weighted by Crippen LogP contribution is -2.19. The lowest BCUT2D eigenvalue weighted by Gasteiger charge is -2.09. The Morgan fingerprint density at radius 1 is 0.214 bits per heavy atom. The van der Waals surface area contributed by atoms with Crippen LogP contribution in [0.15, 0.2) is 60.8 Å². The van der Waals surface area contributed by atoms with Gasteiger partial charge in [0.25, 0.3) is 0 Å². The zero-order valence-corrected chi connectivity index (χ0v) is 41.0. The highest BCUT2D eigenvalue weighted by Crippen LogP contribution is 2.10. The summed E-state index contributed by atoms with van der Waals surface area (Å²) < 4.78 is 50.2. The SMILES string of the molecule is C=C(C(=O)OCCCCC)C(=O)OCCCCCOC(=O)C(=C)C(=O)OCCCCCOC(=O)C(=C)C(=O)OCCCCCOC(=O)C(=C)C(=O)OCCCCCOC(=O)C(=C)C(=O)OCCCCC. The van der Waals surface area contributed by atoms with E-state index < -0.39 is 76.4 Å². The highest BCUT2D eigenvalue weighted by atomic mass is 16.6. The first-order valence-corrected chi connectivity index (χ1v) is 23.7. The minimum absolute atomic E-state index is 0.0160. The zero-order chi connectivity index (χ0) is 52.5. The molecule has 0 amide bonds. The van der Waals surface area contributed by atoms with Crippen LogP contribution in [0.25, 0.3) is 0 Å². The van der Waals surface area contributed by atoms with Gasteiger partial charge in [0.2, 0.25) is 0 Å². The zero-order valence-electron chi connectivity index (χ0n) is 41.0. The maximum Gasteiger partial charge on any atom is 0.344 e. The fourth-order valence-electron chi connectivity index (χ4n) is 5.16. The molecule has 0 aromatic heterocycles. The third kappa shape index (κ3) is 30.7. The average Bonchev–Trinajstić information content (AvgIpc) is 3.35. The van der Waals surface area contributed by atoms with Crippen molar-refractivity contribution in [3.05, 3.63) is 60.8 Å². The molecule has 0 radical (unpaired) electrons. The van der Waals surface area contributed by atoms with Gasteiger partial charge in [0.15, 0.2) is 0 Å². The van der Waals surface area contributed by atoms with E-state index in [0.29, 0.717) is 89.9 Å². The van der Waals surface area contributed by atoms with Gasteiger partial charge in [0.1, 0.15) is 27.9 Å². The largest absolute Gasteiger partial charge is 0.462 e. The Balaban J connectivity index is 3.96. The first kappa shape index (κ1) is 63.4. The van der Waals surface area contributed by atoms with Gasteiger partial charge >= 0.3 is 59.7 Å². The molecule has 0 unspecified atom stereocenters. The van der Waals surface area contributed by atoms with Crippen molar-refractivity contribution in [3.8, 4) is 0 Å². The van der Waals surface area contributed by atoms with Gasteiger partial charge in [-0.3, -0.25) is 0 Å². The van der Waals surface area contributed by atoms with Gasteiger partial charge in [-0.2, -0.15) is 0 Å². The van der Waals surface area contributed by atoms with Crippen molar-refractivity contribution in [2.24, 2.45) is 0 Å².